The topological polar surface area (TPSA) is 79.8 Å². The number of fused-ring (bicyclic) bond motifs is 1. The van der Waals surface area contributed by atoms with E-state index in [0.29, 0.717) is 22.5 Å². The predicted octanol–water partition coefficient (Wildman–Crippen LogP) is 2.51. The molecule has 0 saturated carbocycles. The van der Waals surface area contributed by atoms with Crippen molar-refractivity contribution in [3.8, 4) is 0 Å². The van der Waals surface area contributed by atoms with E-state index in [2.05, 4.69) is 15.3 Å². The molecule has 0 aliphatic heterocycles. The Labute approximate surface area is 143 Å². The van der Waals surface area contributed by atoms with Crippen molar-refractivity contribution < 1.29 is 4.79 Å². The number of amides is 1. The molecule has 0 aliphatic rings. The molecule has 0 aliphatic carbocycles. The Morgan fingerprint density at radius 1 is 1.42 bits per heavy atom. The van der Waals surface area contributed by atoms with Crippen LogP contribution in [-0.4, -0.2) is 27.0 Å². The van der Waals surface area contributed by atoms with E-state index in [1.165, 1.54) is 6.20 Å². The van der Waals surface area contributed by atoms with Gasteiger partial charge in [-0.2, -0.15) is 0 Å². The number of hydrogen-bond acceptors (Lipinski definition) is 3. The van der Waals surface area contributed by atoms with Gasteiger partial charge in [0, 0.05) is 42.1 Å². The summed E-state index contributed by atoms with van der Waals surface area (Å²) in [6.07, 6.45) is 5.82. The van der Waals surface area contributed by atoms with Crippen molar-refractivity contribution in [2.24, 2.45) is 0 Å². The van der Waals surface area contributed by atoms with Crippen LogP contribution in [0, 0.1) is 6.92 Å². The first-order valence-electron chi connectivity index (χ1n) is 7.63. The number of imidazole rings is 1. The van der Waals surface area contributed by atoms with Crippen LogP contribution in [0.15, 0.2) is 41.6 Å². The molecule has 0 saturated heterocycles. The SMILES string of the molecule is Cc1nccn1CCCNC(=O)c1c[nH]c2cc(Cl)ccc2c1=O. The van der Waals surface area contributed by atoms with Gasteiger partial charge < -0.3 is 14.9 Å². The number of benzene rings is 1. The van der Waals surface area contributed by atoms with Crippen LogP contribution in [0.2, 0.25) is 5.02 Å². The number of H-pyrrole nitrogens is 1. The van der Waals surface area contributed by atoms with Crippen LogP contribution in [0.3, 0.4) is 0 Å². The average Bonchev–Trinajstić information content (AvgIpc) is 2.96. The molecule has 2 N–H and O–H groups in total. The van der Waals surface area contributed by atoms with Crippen molar-refractivity contribution in [1.82, 2.24) is 19.9 Å². The molecule has 24 heavy (non-hydrogen) atoms. The number of nitrogens with one attached hydrogen (secondary N) is 2. The minimum absolute atomic E-state index is 0.101. The molecule has 2 aromatic heterocycles. The molecule has 6 nitrogen and oxygen atoms in total. The van der Waals surface area contributed by atoms with Crippen molar-refractivity contribution in [2.45, 2.75) is 19.9 Å². The zero-order valence-electron chi connectivity index (χ0n) is 13.2. The predicted molar refractivity (Wildman–Crippen MR) is 93.5 cm³/mol. The molecule has 1 aromatic carbocycles. The van der Waals surface area contributed by atoms with Crippen molar-refractivity contribution >= 4 is 28.4 Å². The highest BCUT2D eigenvalue weighted by Gasteiger charge is 2.12. The number of rotatable bonds is 5. The fourth-order valence-corrected chi connectivity index (χ4v) is 2.72. The van der Waals surface area contributed by atoms with Crippen LogP contribution in [0.4, 0.5) is 0 Å². The van der Waals surface area contributed by atoms with Gasteiger partial charge in [0.25, 0.3) is 5.91 Å². The van der Waals surface area contributed by atoms with Gasteiger partial charge in [0.2, 0.25) is 5.43 Å². The first-order chi connectivity index (χ1) is 11.6. The second-order valence-corrected chi connectivity index (χ2v) is 5.94. The maximum Gasteiger partial charge on any atom is 0.256 e. The minimum Gasteiger partial charge on any atom is -0.360 e. The van der Waals surface area contributed by atoms with Gasteiger partial charge in [0.15, 0.2) is 0 Å². The second-order valence-electron chi connectivity index (χ2n) is 5.50. The number of carbonyl (C=O) groups is 1. The molecule has 3 rings (SSSR count). The summed E-state index contributed by atoms with van der Waals surface area (Å²) in [6, 6.07) is 4.91. The molecule has 0 radical (unpaired) electrons. The smallest absolute Gasteiger partial charge is 0.256 e. The van der Waals surface area contributed by atoms with Crippen LogP contribution in [0.5, 0.6) is 0 Å². The van der Waals surface area contributed by atoms with E-state index in [9.17, 15) is 9.59 Å². The lowest BCUT2D eigenvalue weighted by Crippen LogP contribution is -2.30. The molecule has 0 fully saturated rings. The van der Waals surface area contributed by atoms with Crippen molar-refractivity contribution in [3.05, 3.63) is 63.4 Å². The number of aromatic amines is 1. The van der Waals surface area contributed by atoms with Crippen LogP contribution >= 0.6 is 11.6 Å². The lowest BCUT2D eigenvalue weighted by atomic mass is 10.1. The fraction of sp³-hybridized carbons (Fsp3) is 0.235. The average molecular weight is 345 g/mol. The standard InChI is InChI=1S/C17H17ClN4O2/c1-11-19-6-8-22(11)7-2-5-20-17(24)14-10-21-15-9-12(18)3-4-13(15)16(14)23/h3-4,6,8-10H,2,5,7H2,1H3,(H,20,24)(H,21,23). The maximum absolute atomic E-state index is 12.4. The number of hydrogen-bond donors (Lipinski definition) is 2. The molecule has 124 valence electrons. The summed E-state index contributed by atoms with van der Waals surface area (Å²) in [6.45, 7) is 3.17. The van der Waals surface area contributed by atoms with E-state index in [0.717, 1.165) is 18.8 Å². The lowest BCUT2D eigenvalue weighted by Gasteiger charge is -2.07. The Hall–Kier alpha value is -2.60. The van der Waals surface area contributed by atoms with Crippen LogP contribution in [-0.2, 0) is 6.54 Å². The number of aromatic nitrogens is 3. The molecule has 2 heterocycles. The van der Waals surface area contributed by atoms with Crippen LogP contribution < -0.4 is 10.7 Å². The van der Waals surface area contributed by atoms with Gasteiger partial charge in [0.1, 0.15) is 11.4 Å². The van der Waals surface area contributed by atoms with Crippen LogP contribution in [0.1, 0.15) is 22.6 Å². The lowest BCUT2D eigenvalue weighted by molar-refractivity contribution is 0.0951. The monoisotopic (exact) mass is 344 g/mol. The number of pyridine rings is 1. The molecule has 0 spiro atoms. The maximum atomic E-state index is 12.4. The summed E-state index contributed by atoms with van der Waals surface area (Å²) in [7, 11) is 0. The normalized spacial score (nSPS) is 10.9. The van der Waals surface area contributed by atoms with E-state index < -0.39 is 0 Å². The van der Waals surface area contributed by atoms with Gasteiger partial charge >= 0.3 is 0 Å². The van der Waals surface area contributed by atoms with E-state index in [1.807, 2.05) is 17.7 Å². The third kappa shape index (κ3) is 3.33. The summed E-state index contributed by atoms with van der Waals surface area (Å²) in [5.41, 5.74) is 0.409. The highest BCUT2D eigenvalue weighted by atomic mass is 35.5. The van der Waals surface area contributed by atoms with E-state index in [4.69, 9.17) is 11.6 Å². The van der Waals surface area contributed by atoms with Gasteiger partial charge in [-0.15, -0.1) is 0 Å². The largest absolute Gasteiger partial charge is 0.360 e. The van der Waals surface area contributed by atoms with E-state index in [-0.39, 0.29) is 16.9 Å². The van der Waals surface area contributed by atoms with Crippen molar-refractivity contribution in [3.63, 3.8) is 0 Å². The van der Waals surface area contributed by atoms with Gasteiger partial charge in [-0.1, -0.05) is 11.6 Å². The molecule has 0 bridgehead atoms. The Morgan fingerprint density at radius 3 is 3.00 bits per heavy atom. The Balaban J connectivity index is 1.66. The molecular formula is C17H17ClN4O2. The molecule has 1 amide bonds. The Bertz CT molecular complexity index is 945. The van der Waals surface area contributed by atoms with Gasteiger partial charge in [0.05, 0.1) is 5.52 Å². The zero-order valence-corrected chi connectivity index (χ0v) is 13.9. The summed E-state index contributed by atoms with van der Waals surface area (Å²) in [5.74, 6) is 0.557. The Kier molecular flexibility index (Phi) is 4.66. The first-order valence-corrected chi connectivity index (χ1v) is 8.01. The van der Waals surface area contributed by atoms with E-state index >= 15 is 0 Å². The second kappa shape index (κ2) is 6.88. The molecular weight excluding hydrogens is 328 g/mol. The quantitative estimate of drug-likeness (QED) is 0.698. The summed E-state index contributed by atoms with van der Waals surface area (Å²) in [4.78, 5) is 31.7. The third-order valence-corrected chi connectivity index (χ3v) is 4.11. The first kappa shape index (κ1) is 16.3. The Morgan fingerprint density at radius 2 is 2.25 bits per heavy atom. The van der Waals surface area contributed by atoms with Crippen LogP contribution in [0.25, 0.3) is 10.9 Å². The van der Waals surface area contributed by atoms with E-state index in [1.54, 1.807) is 24.4 Å². The molecule has 0 unspecified atom stereocenters. The summed E-state index contributed by atoms with van der Waals surface area (Å²) >= 11 is 5.90. The van der Waals surface area contributed by atoms with Crippen molar-refractivity contribution in [2.75, 3.05) is 6.54 Å². The highest BCUT2D eigenvalue weighted by Crippen LogP contribution is 2.15. The number of nitrogens with zero attached hydrogens (tertiary/aromatic N) is 2. The molecule has 0 atom stereocenters. The number of aryl methyl sites for hydroxylation is 2. The minimum atomic E-state index is -0.379. The zero-order chi connectivity index (χ0) is 17.1. The summed E-state index contributed by atoms with van der Waals surface area (Å²) < 4.78 is 2.01. The highest BCUT2D eigenvalue weighted by molar-refractivity contribution is 6.31. The molecule has 3 aromatic rings. The van der Waals surface area contributed by atoms with Crippen molar-refractivity contribution in [1.29, 1.82) is 0 Å². The number of carbonyl (C=O) groups excluding carboxylic acids is 1. The van der Waals surface area contributed by atoms with Gasteiger partial charge in [-0.25, -0.2) is 4.98 Å². The van der Waals surface area contributed by atoms with Gasteiger partial charge in [-0.3, -0.25) is 9.59 Å². The summed E-state index contributed by atoms with van der Waals surface area (Å²) in [5, 5.41) is 3.76. The number of halogens is 1. The van der Waals surface area contributed by atoms with Gasteiger partial charge in [-0.05, 0) is 31.5 Å². The molecule has 7 heteroatoms. The fourth-order valence-electron chi connectivity index (χ4n) is 2.55. The third-order valence-electron chi connectivity index (χ3n) is 3.87.